The molecular formula is C26H29N7O2S. The zero-order valence-electron chi connectivity index (χ0n) is 20.8. The van der Waals surface area contributed by atoms with Gasteiger partial charge in [0.05, 0.1) is 45.6 Å². The number of thiazole rings is 1. The highest BCUT2D eigenvalue weighted by Gasteiger charge is 2.17. The van der Waals surface area contributed by atoms with Crippen molar-refractivity contribution in [2.45, 2.75) is 0 Å². The predicted molar refractivity (Wildman–Crippen MR) is 148 cm³/mol. The average molecular weight is 504 g/mol. The van der Waals surface area contributed by atoms with Gasteiger partial charge in [-0.1, -0.05) is 12.6 Å². The van der Waals surface area contributed by atoms with Crippen LogP contribution in [-0.2, 0) is 4.79 Å². The van der Waals surface area contributed by atoms with Crippen molar-refractivity contribution in [3.05, 3.63) is 60.8 Å². The van der Waals surface area contributed by atoms with Gasteiger partial charge < -0.3 is 25.2 Å². The Hall–Kier alpha value is -4.02. The van der Waals surface area contributed by atoms with E-state index in [0.717, 1.165) is 40.3 Å². The fourth-order valence-electron chi connectivity index (χ4n) is 3.62. The van der Waals surface area contributed by atoms with Crippen molar-refractivity contribution in [1.82, 2.24) is 19.9 Å². The number of hydrogen-bond acceptors (Lipinski definition) is 9. The maximum atomic E-state index is 12.2. The van der Waals surface area contributed by atoms with Crippen molar-refractivity contribution in [2.75, 3.05) is 56.9 Å². The number of fused-ring (bicyclic) bond motifs is 1. The van der Waals surface area contributed by atoms with Crippen LogP contribution in [0.4, 0.5) is 23.0 Å². The molecule has 0 aliphatic rings. The van der Waals surface area contributed by atoms with Gasteiger partial charge in [0.15, 0.2) is 0 Å². The maximum absolute atomic E-state index is 12.2. The molecule has 0 aliphatic heterocycles. The number of rotatable bonds is 10. The van der Waals surface area contributed by atoms with Gasteiger partial charge in [-0.05, 0) is 44.4 Å². The molecule has 0 saturated heterocycles. The van der Waals surface area contributed by atoms with Crippen LogP contribution < -0.4 is 20.3 Å². The summed E-state index contributed by atoms with van der Waals surface area (Å²) in [6.45, 7) is 5.18. The van der Waals surface area contributed by atoms with Crippen LogP contribution >= 0.6 is 11.3 Å². The Labute approximate surface area is 214 Å². The number of methoxy groups -OCH3 is 1. The SMILES string of the molecule is C=CC(=O)Nc1cc(Nc2nccc(-c3ccc4ncsc4c3)n2)c(OC)cc1N(C)CCN(C)C. The fourth-order valence-corrected chi connectivity index (χ4v) is 4.34. The minimum Gasteiger partial charge on any atom is -0.494 e. The first-order chi connectivity index (χ1) is 17.4. The van der Waals surface area contributed by atoms with Crippen molar-refractivity contribution in [1.29, 1.82) is 0 Å². The van der Waals surface area contributed by atoms with Crippen LogP contribution in [0.25, 0.3) is 21.5 Å². The van der Waals surface area contributed by atoms with E-state index in [2.05, 4.69) is 43.0 Å². The molecule has 0 radical (unpaired) electrons. The normalized spacial score (nSPS) is 10.9. The Kier molecular flexibility index (Phi) is 7.77. The Balaban J connectivity index is 1.67. The second kappa shape index (κ2) is 11.1. The van der Waals surface area contributed by atoms with Gasteiger partial charge in [-0.25, -0.2) is 15.0 Å². The van der Waals surface area contributed by atoms with Crippen LogP contribution in [-0.4, -0.2) is 67.1 Å². The smallest absolute Gasteiger partial charge is 0.247 e. The van der Waals surface area contributed by atoms with E-state index in [9.17, 15) is 4.79 Å². The van der Waals surface area contributed by atoms with Gasteiger partial charge in [0.25, 0.3) is 0 Å². The van der Waals surface area contributed by atoms with Gasteiger partial charge in [0, 0.05) is 38.0 Å². The standard InChI is InChI=1S/C26H29N7O2S/c1-6-25(34)29-20-14-21(23(35-5)15-22(20)33(4)12-11-32(2)3)31-26-27-10-9-18(30-26)17-7-8-19-24(13-17)36-16-28-19/h6-10,13-16H,1,11-12H2,2-5H3,(H,29,34)(H,27,30,31). The molecule has 2 heterocycles. The molecule has 0 bridgehead atoms. The second-order valence-electron chi connectivity index (χ2n) is 8.41. The zero-order chi connectivity index (χ0) is 25.7. The van der Waals surface area contributed by atoms with Crippen molar-refractivity contribution < 1.29 is 9.53 Å². The van der Waals surface area contributed by atoms with Gasteiger partial charge in [0.1, 0.15) is 5.75 Å². The molecule has 4 rings (SSSR count). The molecule has 4 aromatic rings. The lowest BCUT2D eigenvalue weighted by atomic mass is 10.1. The third-order valence-electron chi connectivity index (χ3n) is 5.58. The summed E-state index contributed by atoms with van der Waals surface area (Å²) in [5, 5.41) is 6.16. The first-order valence-corrected chi connectivity index (χ1v) is 12.2. The number of nitrogens with zero attached hydrogens (tertiary/aromatic N) is 5. The fraction of sp³-hybridized carbons (Fsp3) is 0.231. The zero-order valence-corrected chi connectivity index (χ0v) is 21.6. The molecule has 0 fully saturated rings. The number of likely N-dealkylation sites (N-methyl/N-ethyl adjacent to an activating group) is 2. The number of carbonyl (C=O) groups excluding carboxylic acids is 1. The largest absolute Gasteiger partial charge is 0.494 e. The highest BCUT2D eigenvalue weighted by molar-refractivity contribution is 7.16. The quantitative estimate of drug-likeness (QED) is 0.303. The molecule has 0 saturated carbocycles. The molecule has 10 heteroatoms. The molecular weight excluding hydrogens is 474 g/mol. The van der Waals surface area contributed by atoms with E-state index in [4.69, 9.17) is 9.72 Å². The molecule has 2 aromatic heterocycles. The van der Waals surface area contributed by atoms with E-state index in [1.54, 1.807) is 24.6 Å². The molecule has 36 heavy (non-hydrogen) atoms. The summed E-state index contributed by atoms with van der Waals surface area (Å²) in [5.41, 5.74) is 6.61. The summed E-state index contributed by atoms with van der Waals surface area (Å²) in [6, 6.07) is 11.6. The summed E-state index contributed by atoms with van der Waals surface area (Å²) in [7, 11) is 7.62. The van der Waals surface area contributed by atoms with Crippen LogP contribution in [0.1, 0.15) is 0 Å². The number of benzene rings is 2. The number of aromatic nitrogens is 3. The van der Waals surface area contributed by atoms with Crippen LogP contribution in [0.2, 0.25) is 0 Å². The minimum atomic E-state index is -0.301. The maximum Gasteiger partial charge on any atom is 0.247 e. The van der Waals surface area contributed by atoms with Gasteiger partial charge in [-0.15, -0.1) is 11.3 Å². The van der Waals surface area contributed by atoms with Crippen molar-refractivity contribution in [3.8, 4) is 17.0 Å². The molecule has 1 amide bonds. The Morgan fingerprint density at radius 1 is 1.11 bits per heavy atom. The lowest BCUT2D eigenvalue weighted by Crippen LogP contribution is -2.29. The van der Waals surface area contributed by atoms with E-state index in [-0.39, 0.29) is 5.91 Å². The van der Waals surface area contributed by atoms with Crippen molar-refractivity contribution >= 4 is 50.5 Å². The van der Waals surface area contributed by atoms with E-state index in [1.165, 1.54) is 6.08 Å². The van der Waals surface area contributed by atoms with Crippen molar-refractivity contribution in [2.24, 2.45) is 0 Å². The second-order valence-corrected chi connectivity index (χ2v) is 9.30. The van der Waals surface area contributed by atoms with E-state index in [1.807, 2.05) is 57.0 Å². The van der Waals surface area contributed by atoms with E-state index in [0.29, 0.717) is 23.1 Å². The highest BCUT2D eigenvalue weighted by atomic mass is 32.1. The lowest BCUT2D eigenvalue weighted by Gasteiger charge is -2.26. The minimum absolute atomic E-state index is 0.301. The highest BCUT2D eigenvalue weighted by Crippen LogP contribution is 2.38. The summed E-state index contributed by atoms with van der Waals surface area (Å²) >= 11 is 1.59. The molecule has 0 unspecified atom stereocenters. The first-order valence-electron chi connectivity index (χ1n) is 11.3. The van der Waals surface area contributed by atoms with Crippen LogP contribution in [0.5, 0.6) is 5.75 Å². The topological polar surface area (TPSA) is 95.5 Å². The molecule has 0 aliphatic carbocycles. The predicted octanol–water partition coefficient (Wildman–Crippen LogP) is 4.63. The van der Waals surface area contributed by atoms with Crippen LogP contribution in [0.15, 0.2) is 60.8 Å². The number of hydrogen-bond donors (Lipinski definition) is 2. The summed E-state index contributed by atoms with van der Waals surface area (Å²) in [6.07, 6.45) is 2.95. The summed E-state index contributed by atoms with van der Waals surface area (Å²) in [5.74, 6) is 0.702. The first kappa shape index (κ1) is 25.1. The molecule has 9 nitrogen and oxygen atoms in total. The monoisotopic (exact) mass is 503 g/mol. The molecule has 0 spiro atoms. The third-order valence-corrected chi connectivity index (χ3v) is 6.38. The lowest BCUT2D eigenvalue weighted by molar-refractivity contribution is -0.111. The molecule has 186 valence electrons. The number of anilines is 4. The van der Waals surface area contributed by atoms with Crippen LogP contribution in [0, 0.1) is 0 Å². The Morgan fingerprint density at radius 3 is 2.69 bits per heavy atom. The average Bonchev–Trinajstić information content (AvgIpc) is 3.35. The summed E-state index contributed by atoms with van der Waals surface area (Å²) in [4.78, 5) is 29.8. The number of carbonyl (C=O) groups is 1. The van der Waals surface area contributed by atoms with Gasteiger partial charge >= 0.3 is 0 Å². The van der Waals surface area contributed by atoms with Crippen molar-refractivity contribution in [3.63, 3.8) is 0 Å². The number of nitrogens with one attached hydrogen (secondary N) is 2. The summed E-state index contributed by atoms with van der Waals surface area (Å²) < 4.78 is 6.78. The van der Waals surface area contributed by atoms with E-state index < -0.39 is 0 Å². The van der Waals surface area contributed by atoms with Gasteiger partial charge in [-0.2, -0.15) is 0 Å². The molecule has 0 atom stereocenters. The number of ether oxygens (including phenoxy) is 1. The number of amides is 1. The molecule has 2 N–H and O–H groups in total. The third kappa shape index (κ3) is 5.78. The van der Waals surface area contributed by atoms with E-state index >= 15 is 0 Å². The van der Waals surface area contributed by atoms with Gasteiger partial charge in [-0.3, -0.25) is 4.79 Å². The molecule has 2 aromatic carbocycles. The van der Waals surface area contributed by atoms with Crippen LogP contribution in [0.3, 0.4) is 0 Å². The Bertz CT molecular complexity index is 1390. The van der Waals surface area contributed by atoms with Gasteiger partial charge in [0.2, 0.25) is 11.9 Å². The Morgan fingerprint density at radius 2 is 1.94 bits per heavy atom.